The van der Waals surface area contributed by atoms with Gasteiger partial charge in [-0.25, -0.2) is 0 Å². The van der Waals surface area contributed by atoms with Crippen LogP contribution < -0.4 is 10.6 Å². The zero-order valence-electron chi connectivity index (χ0n) is 13.4. The van der Waals surface area contributed by atoms with E-state index in [-0.39, 0.29) is 24.7 Å². The fraction of sp³-hybridized carbons (Fsp3) is 0.562. The molecule has 1 saturated heterocycles. The van der Waals surface area contributed by atoms with Crippen LogP contribution in [0.5, 0.6) is 0 Å². The summed E-state index contributed by atoms with van der Waals surface area (Å²) in [5.41, 5.74) is 0.909. The van der Waals surface area contributed by atoms with Crippen LogP contribution in [0.15, 0.2) is 23.8 Å². The molecule has 1 atom stereocenters. The van der Waals surface area contributed by atoms with E-state index in [2.05, 4.69) is 10.6 Å². The van der Waals surface area contributed by atoms with Gasteiger partial charge in [0.25, 0.3) is 0 Å². The molecule has 5 nitrogen and oxygen atoms in total. The van der Waals surface area contributed by atoms with E-state index in [0.717, 1.165) is 12.0 Å². The highest BCUT2D eigenvalue weighted by Crippen LogP contribution is 2.08. The van der Waals surface area contributed by atoms with Gasteiger partial charge in [-0.05, 0) is 25.3 Å². The second-order valence-corrected chi connectivity index (χ2v) is 4.42. The molecule has 0 aliphatic carbocycles. The number of carbonyl (C=O) groups excluding carboxylic acids is 3. The lowest BCUT2D eigenvalue weighted by Gasteiger charge is -2.21. The Balaban J connectivity index is 0.00000191. The molecule has 1 aliphatic heterocycles. The van der Waals surface area contributed by atoms with Gasteiger partial charge in [0.1, 0.15) is 6.04 Å². The van der Waals surface area contributed by atoms with Crippen molar-refractivity contribution in [1.29, 1.82) is 0 Å². The van der Waals surface area contributed by atoms with E-state index in [1.165, 1.54) is 0 Å². The second-order valence-electron chi connectivity index (χ2n) is 4.42. The van der Waals surface area contributed by atoms with Gasteiger partial charge in [-0.15, -0.1) is 0 Å². The number of piperidine rings is 1. The van der Waals surface area contributed by atoms with Crippen LogP contribution in [-0.4, -0.2) is 23.8 Å². The van der Waals surface area contributed by atoms with Crippen molar-refractivity contribution in [2.75, 3.05) is 0 Å². The number of hydrogen-bond donors (Lipinski definition) is 2. The molecular weight excluding hydrogens is 268 g/mol. The molecule has 0 radical (unpaired) electrons. The third-order valence-electron chi connectivity index (χ3n) is 2.88. The van der Waals surface area contributed by atoms with Gasteiger partial charge in [-0.3, -0.25) is 19.7 Å². The summed E-state index contributed by atoms with van der Waals surface area (Å²) in [6, 6.07) is -0.599. The summed E-state index contributed by atoms with van der Waals surface area (Å²) >= 11 is 0. The summed E-state index contributed by atoms with van der Waals surface area (Å²) in [6.45, 7) is 7.89. The molecule has 0 spiro atoms. The van der Waals surface area contributed by atoms with Gasteiger partial charge in [0.05, 0.1) is 6.42 Å². The lowest BCUT2D eigenvalue weighted by molar-refractivity contribution is -0.137. The van der Waals surface area contributed by atoms with Crippen molar-refractivity contribution in [1.82, 2.24) is 10.6 Å². The summed E-state index contributed by atoms with van der Waals surface area (Å²) < 4.78 is 0. The first kappa shape index (κ1) is 19.1. The van der Waals surface area contributed by atoms with Crippen LogP contribution in [-0.2, 0) is 14.4 Å². The van der Waals surface area contributed by atoms with Crippen molar-refractivity contribution >= 4 is 17.7 Å². The average molecular weight is 294 g/mol. The number of imide groups is 1. The third kappa shape index (κ3) is 7.44. The Bertz CT molecular complexity index is 425. The van der Waals surface area contributed by atoms with E-state index in [9.17, 15) is 14.4 Å². The predicted molar refractivity (Wildman–Crippen MR) is 83.5 cm³/mol. The first-order chi connectivity index (χ1) is 10.1. The number of nitrogens with one attached hydrogen (secondary N) is 2. The van der Waals surface area contributed by atoms with Crippen LogP contribution in [0.2, 0.25) is 0 Å². The van der Waals surface area contributed by atoms with E-state index in [0.29, 0.717) is 6.42 Å². The Morgan fingerprint density at radius 1 is 1.38 bits per heavy atom. The van der Waals surface area contributed by atoms with Crippen molar-refractivity contribution in [3.05, 3.63) is 23.8 Å². The van der Waals surface area contributed by atoms with Gasteiger partial charge < -0.3 is 5.32 Å². The minimum atomic E-state index is -0.599. The van der Waals surface area contributed by atoms with E-state index >= 15 is 0 Å². The Morgan fingerprint density at radius 3 is 2.57 bits per heavy atom. The smallest absolute Gasteiger partial charge is 0.249 e. The zero-order chi connectivity index (χ0) is 16.3. The predicted octanol–water partition coefficient (Wildman–Crippen LogP) is 2.24. The van der Waals surface area contributed by atoms with Crippen molar-refractivity contribution in [3.63, 3.8) is 0 Å². The first-order valence-corrected chi connectivity index (χ1v) is 7.51. The maximum absolute atomic E-state index is 11.8. The zero-order valence-corrected chi connectivity index (χ0v) is 13.4. The molecule has 0 aromatic rings. The Kier molecular flexibility index (Phi) is 9.84. The molecule has 118 valence electrons. The third-order valence-corrected chi connectivity index (χ3v) is 2.88. The fourth-order valence-corrected chi connectivity index (χ4v) is 1.79. The fourth-order valence-electron chi connectivity index (χ4n) is 1.79. The molecule has 1 unspecified atom stereocenters. The van der Waals surface area contributed by atoms with Gasteiger partial charge in [0.2, 0.25) is 17.7 Å². The molecule has 0 aromatic carbocycles. The van der Waals surface area contributed by atoms with Crippen molar-refractivity contribution in [3.8, 4) is 0 Å². The van der Waals surface area contributed by atoms with Crippen LogP contribution in [0.25, 0.3) is 0 Å². The minimum Gasteiger partial charge on any atom is -0.344 e. The molecule has 0 saturated carbocycles. The van der Waals surface area contributed by atoms with Gasteiger partial charge in [-0.2, -0.15) is 0 Å². The first-order valence-electron chi connectivity index (χ1n) is 7.51. The molecule has 3 amide bonds. The van der Waals surface area contributed by atoms with E-state index in [4.69, 9.17) is 0 Å². The molecule has 1 aliphatic rings. The molecule has 0 aromatic heterocycles. The summed E-state index contributed by atoms with van der Waals surface area (Å²) in [4.78, 5) is 34.3. The van der Waals surface area contributed by atoms with Crippen LogP contribution in [0.1, 0.15) is 53.4 Å². The maximum Gasteiger partial charge on any atom is 0.249 e. The molecule has 21 heavy (non-hydrogen) atoms. The van der Waals surface area contributed by atoms with Crippen molar-refractivity contribution in [2.24, 2.45) is 0 Å². The highest BCUT2D eigenvalue weighted by Gasteiger charge is 2.27. The molecule has 1 fully saturated rings. The Labute approximate surface area is 126 Å². The normalized spacial score (nSPS) is 18.9. The van der Waals surface area contributed by atoms with Crippen LogP contribution >= 0.6 is 0 Å². The van der Waals surface area contributed by atoms with Crippen LogP contribution in [0.3, 0.4) is 0 Å². The standard InChI is InChI=1S/C14H20N2O3.C2H6/c1-3-5-6-10(4-2)9-13(18)15-11-7-8-12(17)16-14(11)19;1-2/h4-6,11H,3,7-9H2,1-2H3,(H,15,18)(H,16,17,19);1-2H3/b6-5-,10-4+;. The molecule has 0 bridgehead atoms. The SMILES string of the molecule is C/C=C(\C=C/CC)CC(=O)NC1CCC(=O)NC1=O.CC. The summed E-state index contributed by atoms with van der Waals surface area (Å²) in [5.74, 6) is -0.908. The monoisotopic (exact) mass is 294 g/mol. The van der Waals surface area contributed by atoms with Gasteiger partial charge >= 0.3 is 0 Å². The van der Waals surface area contributed by atoms with Gasteiger partial charge in [0.15, 0.2) is 0 Å². The van der Waals surface area contributed by atoms with Crippen molar-refractivity contribution in [2.45, 2.75) is 59.4 Å². The Hall–Kier alpha value is -1.91. The van der Waals surface area contributed by atoms with E-state index in [1.54, 1.807) is 0 Å². The van der Waals surface area contributed by atoms with E-state index in [1.807, 2.05) is 45.9 Å². The molecular formula is C16H26N2O3. The van der Waals surface area contributed by atoms with Crippen molar-refractivity contribution < 1.29 is 14.4 Å². The van der Waals surface area contributed by atoms with Gasteiger partial charge in [-0.1, -0.05) is 39.0 Å². The number of rotatable bonds is 5. The number of allylic oxidation sites excluding steroid dienone is 3. The summed E-state index contributed by atoms with van der Waals surface area (Å²) in [6.07, 6.45) is 7.54. The Morgan fingerprint density at radius 2 is 2.05 bits per heavy atom. The van der Waals surface area contributed by atoms with E-state index < -0.39 is 11.9 Å². The molecule has 1 heterocycles. The largest absolute Gasteiger partial charge is 0.344 e. The molecule has 1 rings (SSSR count). The van der Waals surface area contributed by atoms with Crippen LogP contribution in [0, 0.1) is 0 Å². The van der Waals surface area contributed by atoms with Gasteiger partial charge in [0, 0.05) is 6.42 Å². The second kappa shape index (κ2) is 10.8. The molecule has 5 heteroatoms. The maximum atomic E-state index is 11.8. The quantitative estimate of drug-likeness (QED) is 0.603. The average Bonchev–Trinajstić information content (AvgIpc) is 2.48. The minimum absolute atomic E-state index is 0.205. The lowest BCUT2D eigenvalue weighted by atomic mass is 10.1. The number of carbonyl (C=O) groups is 3. The number of hydrogen-bond acceptors (Lipinski definition) is 3. The summed E-state index contributed by atoms with van der Waals surface area (Å²) in [5, 5.41) is 4.87. The lowest BCUT2D eigenvalue weighted by Crippen LogP contribution is -2.52. The highest BCUT2D eigenvalue weighted by molar-refractivity contribution is 6.01. The topological polar surface area (TPSA) is 75.3 Å². The highest BCUT2D eigenvalue weighted by atomic mass is 16.2. The molecule has 2 N–H and O–H groups in total. The number of amides is 3. The van der Waals surface area contributed by atoms with Crippen LogP contribution in [0.4, 0.5) is 0 Å². The summed E-state index contributed by atoms with van der Waals surface area (Å²) in [7, 11) is 0.